The Kier molecular flexibility index (Phi) is 3.99. The minimum atomic E-state index is -0.350. The van der Waals surface area contributed by atoms with Crippen molar-refractivity contribution < 1.29 is 19.1 Å². The van der Waals surface area contributed by atoms with Crippen molar-refractivity contribution in [2.24, 2.45) is 5.92 Å². The summed E-state index contributed by atoms with van der Waals surface area (Å²) in [7, 11) is 0. The number of aryl methyl sites for hydroxylation is 2. The molecule has 0 aromatic carbocycles. The molecule has 0 fully saturated rings. The highest BCUT2D eigenvalue weighted by molar-refractivity contribution is 5.73. The molecule has 0 saturated carbocycles. The third kappa shape index (κ3) is 2.78. The first-order chi connectivity index (χ1) is 7.45. The molecule has 0 unspecified atom stereocenters. The first-order valence-electron chi connectivity index (χ1n) is 5.47. The van der Waals surface area contributed by atoms with Crippen LogP contribution in [0.5, 0.6) is 11.5 Å². The Hall–Kier alpha value is -1.45. The molecule has 4 nitrogen and oxygen atoms in total. The predicted molar refractivity (Wildman–Crippen MR) is 59.6 cm³/mol. The minimum Gasteiger partial charge on any atom is -0.502 e. The van der Waals surface area contributed by atoms with Gasteiger partial charge >= 0.3 is 5.97 Å². The zero-order chi connectivity index (χ0) is 12.3. The molecule has 0 amide bonds. The van der Waals surface area contributed by atoms with E-state index in [1.807, 2.05) is 20.8 Å². The van der Waals surface area contributed by atoms with E-state index in [9.17, 15) is 9.90 Å². The van der Waals surface area contributed by atoms with E-state index >= 15 is 0 Å². The molecule has 0 atom stereocenters. The smallest absolute Gasteiger partial charge is 0.311 e. The minimum absolute atomic E-state index is 0.0582. The van der Waals surface area contributed by atoms with Crippen LogP contribution in [0.25, 0.3) is 0 Å². The lowest BCUT2D eigenvalue weighted by molar-refractivity contribution is -0.135. The number of hydrogen-bond donors (Lipinski definition) is 1. The molecule has 1 rings (SSSR count). The maximum Gasteiger partial charge on any atom is 0.311 e. The normalized spacial score (nSPS) is 10.8. The second-order valence-corrected chi connectivity index (χ2v) is 4.18. The zero-order valence-corrected chi connectivity index (χ0v) is 10.2. The number of aromatic hydroxyl groups is 1. The van der Waals surface area contributed by atoms with Gasteiger partial charge in [0.15, 0.2) is 0 Å². The van der Waals surface area contributed by atoms with Crippen LogP contribution in [0.4, 0.5) is 0 Å². The standard InChI is InChI=1S/C12H18O4/c1-5-9-11(14)12(8(4)15-9)16-10(13)6-7(2)3/h7,14H,5-6H2,1-4H3. The fourth-order valence-electron chi connectivity index (χ4n) is 1.42. The van der Waals surface area contributed by atoms with Gasteiger partial charge in [0.05, 0.1) is 0 Å². The van der Waals surface area contributed by atoms with Crippen LogP contribution in [0.2, 0.25) is 0 Å². The number of carbonyl (C=O) groups is 1. The van der Waals surface area contributed by atoms with Crippen LogP contribution in [0, 0.1) is 12.8 Å². The largest absolute Gasteiger partial charge is 0.502 e. The van der Waals surface area contributed by atoms with E-state index in [4.69, 9.17) is 9.15 Å². The third-order valence-electron chi connectivity index (χ3n) is 2.19. The number of furan rings is 1. The lowest BCUT2D eigenvalue weighted by Gasteiger charge is -2.05. The molecule has 0 saturated heterocycles. The SMILES string of the molecule is CCc1oc(C)c(OC(=O)CC(C)C)c1O. The summed E-state index contributed by atoms with van der Waals surface area (Å²) in [5, 5.41) is 9.72. The fourth-order valence-corrected chi connectivity index (χ4v) is 1.42. The van der Waals surface area contributed by atoms with E-state index < -0.39 is 0 Å². The van der Waals surface area contributed by atoms with E-state index in [-0.39, 0.29) is 23.4 Å². The fraction of sp³-hybridized carbons (Fsp3) is 0.583. The number of carbonyl (C=O) groups excluding carboxylic acids is 1. The number of hydrogen-bond acceptors (Lipinski definition) is 4. The molecule has 1 aromatic heterocycles. The van der Waals surface area contributed by atoms with Gasteiger partial charge in [-0.3, -0.25) is 4.79 Å². The van der Waals surface area contributed by atoms with Crippen molar-refractivity contribution in [2.45, 2.75) is 40.5 Å². The molecule has 0 bridgehead atoms. The molecule has 1 aromatic rings. The summed E-state index contributed by atoms with van der Waals surface area (Å²) in [6, 6.07) is 0. The van der Waals surface area contributed by atoms with E-state index in [1.54, 1.807) is 6.92 Å². The average Bonchev–Trinajstić information content (AvgIpc) is 2.44. The van der Waals surface area contributed by atoms with Gasteiger partial charge in [0.25, 0.3) is 0 Å². The molecule has 16 heavy (non-hydrogen) atoms. The van der Waals surface area contributed by atoms with Crippen molar-refractivity contribution in [1.29, 1.82) is 0 Å². The molecule has 4 heteroatoms. The number of ether oxygens (including phenoxy) is 1. The molecule has 0 aliphatic heterocycles. The third-order valence-corrected chi connectivity index (χ3v) is 2.19. The molecular weight excluding hydrogens is 208 g/mol. The zero-order valence-electron chi connectivity index (χ0n) is 10.2. The first kappa shape index (κ1) is 12.6. The van der Waals surface area contributed by atoms with Crippen molar-refractivity contribution in [1.82, 2.24) is 0 Å². The summed E-state index contributed by atoms with van der Waals surface area (Å²) in [4.78, 5) is 11.4. The van der Waals surface area contributed by atoms with Crippen LogP contribution in [-0.4, -0.2) is 11.1 Å². The van der Waals surface area contributed by atoms with Crippen LogP contribution in [-0.2, 0) is 11.2 Å². The van der Waals surface area contributed by atoms with Gasteiger partial charge in [0.1, 0.15) is 11.5 Å². The first-order valence-corrected chi connectivity index (χ1v) is 5.47. The second kappa shape index (κ2) is 5.05. The Morgan fingerprint density at radius 1 is 1.50 bits per heavy atom. The second-order valence-electron chi connectivity index (χ2n) is 4.18. The van der Waals surface area contributed by atoms with Crippen molar-refractivity contribution in [3.63, 3.8) is 0 Å². The summed E-state index contributed by atoms with van der Waals surface area (Å²) in [6.45, 7) is 7.39. The summed E-state index contributed by atoms with van der Waals surface area (Å²) < 4.78 is 10.4. The topological polar surface area (TPSA) is 59.7 Å². The summed E-state index contributed by atoms with van der Waals surface area (Å²) >= 11 is 0. The Bertz CT molecular complexity index is 377. The van der Waals surface area contributed by atoms with Gasteiger partial charge in [-0.2, -0.15) is 0 Å². The Balaban J connectivity index is 2.81. The van der Waals surface area contributed by atoms with Gasteiger partial charge in [0.2, 0.25) is 11.5 Å². The van der Waals surface area contributed by atoms with E-state index in [2.05, 4.69) is 0 Å². The molecule has 1 heterocycles. The van der Waals surface area contributed by atoms with Crippen molar-refractivity contribution >= 4 is 5.97 Å². The Morgan fingerprint density at radius 2 is 2.12 bits per heavy atom. The lowest BCUT2D eigenvalue weighted by atomic mass is 10.1. The van der Waals surface area contributed by atoms with Gasteiger partial charge < -0.3 is 14.3 Å². The summed E-state index contributed by atoms with van der Waals surface area (Å²) in [6.07, 6.45) is 0.889. The molecule has 0 radical (unpaired) electrons. The van der Waals surface area contributed by atoms with Crippen LogP contribution >= 0.6 is 0 Å². The van der Waals surface area contributed by atoms with Crippen molar-refractivity contribution in [3.05, 3.63) is 11.5 Å². The number of esters is 1. The summed E-state index contributed by atoms with van der Waals surface area (Å²) in [5.74, 6) is 0.861. The lowest BCUT2D eigenvalue weighted by Crippen LogP contribution is -2.10. The maximum absolute atomic E-state index is 11.4. The predicted octanol–water partition coefficient (Wildman–Crippen LogP) is 2.81. The quantitative estimate of drug-likeness (QED) is 0.802. The van der Waals surface area contributed by atoms with Gasteiger partial charge in [0, 0.05) is 12.8 Å². The maximum atomic E-state index is 11.4. The molecular formula is C12H18O4. The van der Waals surface area contributed by atoms with Crippen molar-refractivity contribution in [3.8, 4) is 11.5 Å². The van der Waals surface area contributed by atoms with Crippen LogP contribution in [0.15, 0.2) is 4.42 Å². The van der Waals surface area contributed by atoms with Gasteiger partial charge in [-0.1, -0.05) is 20.8 Å². The van der Waals surface area contributed by atoms with E-state index in [0.717, 1.165) is 0 Å². The highest BCUT2D eigenvalue weighted by Gasteiger charge is 2.20. The molecule has 0 aliphatic carbocycles. The van der Waals surface area contributed by atoms with Gasteiger partial charge in [-0.15, -0.1) is 0 Å². The number of rotatable bonds is 4. The van der Waals surface area contributed by atoms with E-state index in [1.165, 1.54) is 0 Å². The monoisotopic (exact) mass is 226 g/mol. The van der Waals surface area contributed by atoms with Crippen molar-refractivity contribution in [2.75, 3.05) is 0 Å². The Morgan fingerprint density at radius 3 is 2.56 bits per heavy atom. The molecule has 90 valence electrons. The highest BCUT2D eigenvalue weighted by Crippen LogP contribution is 2.37. The highest BCUT2D eigenvalue weighted by atomic mass is 16.6. The average molecular weight is 226 g/mol. The molecule has 0 spiro atoms. The molecule has 0 aliphatic rings. The Labute approximate surface area is 95.2 Å². The van der Waals surface area contributed by atoms with Gasteiger partial charge in [-0.25, -0.2) is 0 Å². The van der Waals surface area contributed by atoms with E-state index in [0.29, 0.717) is 24.4 Å². The van der Waals surface area contributed by atoms with Crippen LogP contribution < -0.4 is 4.74 Å². The van der Waals surface area contributed by atoms with Crippen LogP contribution in [0.1, 0.15) is 38.7 Å². The van der Waals surface area contributed by atoms with Gasteiger partial charge in [-0.05, 0) is 12.8 Å². The van der Waals surface area contributed by atoms with Crippen LogP contribution in [0.3, 0.4) is 0 Å². The summed E-state index contributed by atoms with van der Waals surface area (Å²) in [5.41, 5.74) is 0. The molecule has 1 N–H and O–H groups in total.